The van der Waals surface area contributed by atoms with E-state index in [1.165, 1.54) is 17.4 Å². The number of fused-ring (bicyclic) bond motifs is 1. The number of nitrogens with two attached hydrogens (primary N) is 3. The highest BCUT2D eigenvalue weighted by Gasteiger charge is 2.31. The van der Waals surface area contributed by atoms with Crippen LogP contribution in [0.25, 0.3) is 32.7 Å². The fourth-order valence-corrected chi connectivity index (χ4v) is 6.11. The van der Waals surface area contributed by atoms with Gasteiger partial charge in [0.2, 0.25) is 25.9 Å². The summed E-state index contributed by atoms with van der Waals surface area (Å²) in [5.74, 6) is -0.175. The topological polar surface area (TPSA) is 214 Å². The van der Waals surface area contributed by atoms with E-state index in [0.29, 0.717) is 16.1 Å². The largest absolute Gasteiger partial charge is 0.325 e. The van der Waals surface area contributed by atoms with Crippen LogP contribution in [0.5, 0.6) is 0 Å². The second-order valence-corrected chi connectivity index (χ2v) is 10.2. The number of nitrogens with zero attached hydrogens (tertiary/aromatic N) is 4. The maximum atomic E-state index is 12.5. The van der Waals surface area contributed by atoms with Gasteiger partial charge < -0.3 is 5.73 Å². The minimum atomic E-state index is -4.58. The van der Waals surface area contributed by atoms with E-state index >= 15 is 0 Å². The molecule has 2 heterocycles. The van der Waals surface area contributed by atoms with Crippen LogP contribution in [-0.4, -0.2) is 42.4 Å². The molecular weight excluding hydrogens is 452 g/mol. The smallest absolute Gasteiger partial charge is 0.240 e. The van der Waals surface area contributed by atoms with Crippen molar-refractivity contribution in [3.63, 3.8) is 0 Å². The van der Waals surface area contributed by atoms with Crippen LogP contribution in [0.15, 0.2) is 40.1 Å². The lowest BCUT2D eigenvalue weighted by molar-refractivity contribution is 0.584. The zero-order chi connectivity index (χ0) is 21.7. The summed E-state index contributed by atoms with van der Waals surface area (Å²) in [5.41, 5.74) is 6.88. The fourth-order valence-electron chi connectivity index (χ4n) is 3.08. The van der Waals surface area contributed by atoms with Crippen molar-refractivity contribution in [1.29, 1.82) is 0 Å². The highest BCUT2D eigenvalue weighted by molar-refractivity contribution is 7.92. The molecule has 0 atom stereocenters. The summed E-state index contributed by atoms with van der Waals surface area (Å²) < 4.78 is 49.9. The molecule has 0 fully saturated rings. The van der Waals surface area contributed by atoms with Gasteiger partial charge in [0.15, 0.2) is 0 Å². The molecule has 0 aliphatic carbocycles. The summed E-state index contributed by atoms with van der Waals surface area (Å²) in [4.78, 5) is 3.09. The van der Waals surface area contributed by atoms with Gasteiger partial charge in [0, 0.05) is 12.1 Å². The fraction of sp³-hybridized carbons (Fsp3) is 0.0667. The van der Waals surface area contributed by atoms with Crippen molar-refractivity contribution < 1.29 is 16.8 Å². The van der Waals surface area contributed by atoms with Crippen LogP contribution in [0.2, 0.25) is 0 Å². The van der Waals surface area contributed by atoms with Crippen LogP contribution in [0.4, 0.5) is 0 Å². The normalized spacial score (nSPS) is 12.5. The van der Waals surface area contributed by atoms with Gasteiger partial charge in [-0.25, -0.2) is 32.1 Å². The lowest BCUT2D eigenvalue weighted by atomic mass is 9.98. The molecule has 0 aliphatic heterocycles. The molecule has 15 heteroatoms. The third-order valence-electron chi connectivity index (χ3n) is 4.21. The Hall–Kier alpha value is -2.82. The molecule has 0 saturated heterocycles. The molecule has 0 spiro atoms. The van der Waals surface area contributed by atoms with Gasteiger partial charge in [0.05, 0.1) is 15.8 Å². The third-order valence-corrected chi connectivity index (χ3v) is 7.33. The summed E-state index contributed by atoms with van der Waals surface area (Å²) in [6.07, 6.45) is 0. The van der Waals surface area contributed by atoms with Crippen molar-refractivity contribution in [3.05, 3.63) is 35.3 Å². The van der Waals surface area contributed by atoms with Crippen LogP contribution >= 0.6 is 11.3 Å². The van der Waals surface area contributed by atoms with Crippen molar-refractivity contribution in [2.24, 2.45) is 16.0 Å². The van der Waals surface area contributed by atoms with E-state index in [1.807, 2.05) is 6.07 Å². The van der Waals surface area contributed by atoms with E-state index in [9.17, 15) is 16.8 Å². The molecule has 4 rings (SSSR count). The molecule has 0 radical (unpaired) electrons. The number of tetrazole rings is 1. The minimum absolute atomic E-state index is 0.160. The molecule has 30 heavy (non-hydrogen) atoms. The second-order valence-electron chi connectivity index (χ2n) is 6.10. The Labute approximate surface area is 174 Å². The van der Waals surface area contributed by atoms with Gasteiger partial charge in [-0.05, 0) is 22.9 Å². The molecule has 2 aromatic heterocycles. The Morgan fingerprint density at radius 1 is 1.00 bits per heavy atom. The number of hydrogen-bond donors (Lipinski definition) is 4. The van der Waals surface area contributed by atoms with E-state index in [1.54, 1.807) is 12.1 Å². The van der Waals surface area contributed by atoms with Gasteiger partial charge in [-0.1, -0.05) is 18.2 Å². The predicted molar refractivity (Wildman–Crippen MR) is 109 cm³/mol. The minimum Gasteiger partial charge on any atom is -0.325 e. The maximum absolute atomic E-state index is 12.5. The second kappa shape index (κ2) is 7.15. The number of rotatable bonds is 5. The average Bonchev–Trinajstić information content (AvgIpc) is 3.34. The highest BCUT2D eigenvalue weighted by Crippen LogP contribution is 2.41. The van der Waals surface area contributed by atoms with Crippen LogP contribution in [0.1, 0.15) is 5.01 Å². The van der Waals surface area contributed by atoms with E-state index in [2.05, 4.69) is 25.6 Å². The zero-order valence-electron chi connectivity index (χ0n) is 15.0. The predicted octanol–water partition coefficient (Wildman–Crippen LogP) is -0.103. The van der Waals surface area contributed by atoms with Crippen molar-refractivity contribution in [3.8, 4) is 22.5 Å². The van der Waals surface area contributed by atoms with Gasteiger partial charge in [-0.15, -0.1) is 21.5 Å². The first-order valence-corrected chi connectivity index (χ1v) is 12.1. The first-order chi connectivity index (χ1) is 14.1. The summed E-state index contributed by atoms with van der Waals surface area (Å²) in [6, 6.07) is 7.76. The number of hydrogen-bond acceptors (Lipinski definition) is 10. The number of H-pyrrole nitrogens is 1. The molecule has 4 aromatic rings. The molecular formula is C15H14N8O4S3. The summed E-state index contributed by atoms with van der Waals surface area (Å²) in [5, 5.41) is 24.6. The lowest BCUT2D eigenvalue weighted by Crippen LogP contribution is -2.22. The molecule has 0 unspecified atom stereocenters. The summed E-state index contributed by atoms with van der Waals surface area (Å²) in [6.45, 7) is 0.225. The number of aromatic nitrogens is 5. The van der Waals surface area contributed by atoms with E-state index < -0.39 is 29.8 Å². The quantitative estimate of drug-likeness (QED) is 0.308. The molecule has 0 saturated carbocycles. The maximum Gasteiger partial charge on any atom is 0.240 e. The molecule has 0 bridgehead atoms. The molecule has 0 aliphatic rings. The molecule has 0 amide bonds. The van der Waals surface area contributed by atoms with Gasteiger partial charge >= 0.3 is 0 Å². The van der Waals surface area contributed by atoms with Crippen molar-refractivity contribution in [1.82, 2.24) is 25.6 Å². The van der Waals surface area contributed by atoms with E-state index in [0.717, 1.165) is 10.8 Å². The summed E-state index contributed by atoms with van der Waals surface area (Å²) in [7, 11) is -9.02. The Morgan fingerprint density at radius 2 is 1.77 bits per heavy atom. The highest BCUT2D eigenvalue weighted by atomic mass is 32.2. The zero-order valence-corrected chi connectivity index (χ0v) is 17.4. The number of primary sulfonamides is 2. The van der Waals surface area contributed by atoms with E-state index in [4.69, 9.17) is 16.0 Å². The molecule has 2 aromatic carbocycles. The number of aromatic amines is 1. The van der Waals surface area contributed by atoms with E-state index in [-0.39, 0.29) is 23.5 Å². The third kappa shape index (κ3) is 3.47. The Morgan fingerprint density at radius 3 is 2.37 bits per heavy atom. The van der Waals surface area contributed by atoms with Gasteiger partial charge in [0.1, 0.15) is 14.8 Å². The van der Waals surface area contributed by atoms with Crippen LogP contribution in [0, 0.1) is 0 Å². The van der Waals surface area contributed by atoms with Gasteiger partial charge in [0.25, 0.3) is 0 Å². The lowest BCUT2D eigenvalue weighted by Gasteiger charge is -2.15. The monoisotopic (exact) mass is 466 g/mol. The van der Waals surface area contributed by atoms with Gasteiger partial charge in [-0.3, -0.25) is 0 Å². The average molecular weight is 467 g/mol. The number of sulfonamides is 2. The Kier molecular flexibility index (Phi) is 4.88. The molecule has 12 nitrogen and oxygen atoms in total. The molecule has 156 valence electrons. The van der Waals surface area contributed by atoms with Crippen molar-refractivity contribution >= 4 is 41.6 Å². The number of para-hydroxylation sites is 1. The molecule has 7 N–H and O–H groups in total. The SMILES string of the molecule is NCc1nc2c(-c3ccc(S(N)(=O)=O)c(S(N)(=O)=O)c3-c3nn[nH]n3)cccc2s1. The van der Waals surface area contributed by atoms with Crippen molar-refractivity contribution in [2.45, 2.75) is 16.3 Å². The summed E-state index contributed by atoms with van der Waals surface area (Å²) >= 11 is 1.38. The van der Waals surface area contributed by atoms with Crippen LogP contribution in [0.3, 0.4) is 0 Å². The standard InChI is InChI=1S/C15H14N8O4S3/c16-6-11-19-13-8(2-1-3-9(13)28-11)7-4-5-10(29(17,24)25)14(30(18,26)27)12(7)15-20-22-23-21-15/h1-5H,6,16H2,(H2,17,24,25)(H2,18,26,27)(H,20,21,22,23). The Balaban J connectivity index is 2.19. The number of benzene rings is 2. The van der Waals surface area contributed by atoms with Crippen LogP contribution < -0.4 is 16.0 Å². The Bertz CT molecular complexity index is 1480. The van der Waals surface area contributed by atoms with Gasteiger partial charge in [-0.2, -0.15) is 5.21 Å². The van der Waals surface area contributed by atoms with Crippen molar-refractivity contribution in [2.75, 3.05) is 0 Å². The number of nitrogens with one attached hydrogen (secondary N) is 1. The number of thiazole rings is 1. The van der Waals surface area contributed by atoms with Crippen LogP contribution in [-0.2, 0) is 26.6 Å². The first-order valence-electron chi connectivity index (χ1n) is 8.16. The first kappa shape index (κ1) is 20.5.